The molecule has 0 saturated carbocycles. The Hall–Kier alpha value is -3.00. The number of nitrogens with zero attached hydrogens (tertiary/aromatic N) is 1. The number of hydrogen-bond donors (Lipinski definition) is 2. The summed E-state index contributed by atoms with van der Waals surface area (Å²) < 4.78 is 5.79. The lowest BCUT2D eigenvalue weighted by Crippen LogP contribution is -2.19. The summed E-state index contributed by atoms with van der Waals surface area (Å²) in [7, 11) is 0. The van der Waals surface area contributed by atoms with E-state index in [9.17, 15) is 9.59 Å². The number of aromatic carboxylic acids is 1. The van der Waals surface area contributed by atoms with Crippen LogP contribution in [0.5, 0.6) is 0 Å². The van der Waals surface area contributed by atoms with Gasteiger partial charge >= 0.3 is 5.97 Å². The fourth-order valence-corrected chi connectivity index (χ4v) is 3.90. The molecule has 1 aliphatic heterocycles. The van der Waals surface area contributed by atoms with Crippen molar-refractivity contribution in [1.29, 1.82) is 0 Å². The number of amidine groups is 1. The minimum Gasteiger partial charge on any atom is -0.478 e. The average molecular weight is 459 g/mol. The van der Waals surface area contributed by atoms with Crippen LogP contribution in [-0.4, -0.2) is 22.2 Å². The van der Waals surface area contributed by atoms with Crippen molar-refractivity contribution in [2.45, 2.75) is 0 Å². The molecule has 150 valence electrons. The summed E-state index contributed by atoms with van der Waals surface area (Å²) in [6.07, 6.45) is 1.60. The molecule has 1 aliphatic rings. The number of halogens is 2. The number of hydrogen-bond acceptors (Lipinski definition) is 5. The lowest BCUT2D eigenvalue weighted by Gasteiger charge is -2.01. The van der Waals surface area contributed by atoms with Gasteiger partial charge in [0.15, 0.2) is 5.17 Å². The van der Waals surface area contributed by atoms with Crippen molar-refractivity contribution in [1.82, 2.24) is 5.32 Å². The maximum absolute atomic E-state index is 12.3. The topological polar surface area (TPSA) is 91.9 Å². The van der Waals surface area contributed by atoms with Crippen LogP contribution < -0.4 is 5.32 Å². The van der Waals surface area contributed by atoms with Crippen molar-refractivity contribution in [3.63, 3.8) is 0 Å². The summed E-state index contributed by atoms with van der Waals surface area (Å²) in [6.45, 7) is 0. The van der Waals surface area contributed by atoms with E-state index in [4.69, 9.17) is 32.7 Å². The normalized spacial score (nSPS) is 16.3. The number of carboxylic acid groups (broad SMARTS) is 1. The smallest absolute Gasteiger partial charge is 0.335 e. The number of carbonyl (C=O) groups is 2. The highest BCUT2D eigenvalue weighted by Crippen LogP contribution is 2.34. The second-order valence-corrected chi connectivity index (χ2v) is 8.04. The zero-order valence-corrected chi connectivity index (χ0v) is 17.4. The third-order valence-electron chi connectivity index (χ3n) is 4.07. The van der Waals surface area contributed by atoms with Crippen LogP contribution in [0.3, 0.4) is 0 Å². The Morgan fingerprint density at radius 1 is 1.13 bits per heavy atom. The molecule has 2 aromatic carbocycles. The van der Waals surface area contributed by atoms with Crippen LogP contribution in [0.15, 0.2) is 68.9 Å². The average Bonchev–Trinajstić information content (AvgIpc) is 3.31. The first-order chi connectivity index (χ1) is 14.4. The van der Waals surface area contributed by atoms with Crippen molar-refractivity contribution in [3.8, 4) is 11.3 Å². The van der Waals surface area contributed by atoms with Gasteiger partial charge in [0.2, 0.25) is 0 Å². The van der Waals surface area contributed by atoms with E-state index in [0.717, 1.165) is 11.8 Å². The van der Waals surface area contributed by atoms with Crippen LogP contribution in [-0.2, 0) is 4.79 Å². The van der Waals surface area contributed by atoms with Crippen LogP contribution >= 0.6 is 35.0 Å². The summed E-state index contributed by atoms with van der Waals surface area (Å²) >= 11 is 13.4. The second-order valence-electron chi connectivity index (χ2n) is 6.16. The van der Waals surface area contributed by atoms with Gasteiger partial charge in [-0.2, -0.15) is 0 Å². The highest BCUT2D eigenvalue weighted by atomic mass is 35.5. The van der Waals surface area contributed by atoms with Crippen molar-refractivity contribution in [3.05, 3.63) is 80.9 Å². The van der Waals surface area contributed by atoms with Crippen molar-refractivity contribution < 1.29 is 19.1 Å². The minimum atomic E-state index is -1.05. The Kier molecular flexibility index (Phi) is 5.67. The summed E-state index contributed by atoms with van der Waals surface area (Å²) in [5.74, 6) is -0.383. The van der Waals surface area contributed by atoms with Gasteiger partial charge in [0.25, 0.3) is 5.91 Å². The molecule has 6 nitrogen and oxygen atoms in total. The van der Waals surface area contributed by atoms with E-state index in [2.05, 4.69) is 10.3 Å². The standard InChI is InChI=1S/C21H12Cl2N2O4S/c22-12-4-6-16(23)15(9-12)17-7-5-14(29-17)10-18-19(26)25-21(30-18)24-13-3-1-2-11(8-13)20(27)28/h1-10H,(H,27,28)(H,24,25,26). The summed E-state index contributed by atoms with van der Waals surface area (Å²) in [5, 5.41) is 13.1. The molecule has 0 radical (unpaired) electrons. The Bertz CT molecular complexity index is 1230. The Labute approximate surface area is 185 Å². The molecule has 3 aromatic rings. The summed E-state index contributed by atoms with van der Waals surface area (Å²) in [6, 6.07) is 14.7. The van der Waals surface area contributed by atoms with E-state index in [-0.39, 0.29) is 11.5 Å². The van der Waals surface area contributed by atoms with E-state index in [0.29, 0.717) is 42.9 Å². The van der Waals surface area contributed by atoms with Gasteiger partial charge in [-0.05, 0) is 60.3 Å². The minimum absolute atomic E-state index is 0.115. The fourth-order valence-electron chi connectivity index (χ4n) is 2.70. The number of furan rings is 1. The molecule has 0 atom stereocenters. The molecule has 0 bridgehead atoms. The van der Waals surface area contributed by atoms with E-state index in [1.807, 2.05) is 0 Å². The largest absolute Gasteiger partial charge is 0.478 e. The number of amides is 1. The first-order valence-corrected chi connectivity index (χ1v) is 10.1. The predicted octanol–water partition coefficient (Wildman–Crippen LogP) is 5.84. The van der Waals surface area contributed by atoms with Crippen molar-refractivity contribution in [2.75, 3.05) is 0 Å². The number of rotatable bonds is 4. The molecule has 1 fully saturated rings. The van der Waals surface area contributed by atoms with Gasteiger partial charge in [0.1, 0.15) is 11.5 Å². The molecular formula is C21H12Cl2N2O4S. The number of benzene rings is 2. The third kappa shape index (κ3) is 4.43. The number of aliphatic imine (C=N–C) groups is 1. The summed E-state index contributed by atoms with van der Waals surface area (Å²) in [5.41, 5.74) is 1.19. The van der Waals surface area contributed by atoms with Gasteiger partial charge in [0, 0.05) is 16.7 Å². The first kappa shape index (κ1) is 20.3. The molecule has 9 heteroatoms. The highest BCUT2D eigenvalue weighted by Gasteiger charge is 2.24. The third-order valence-corrected chi connectivity index (χ3v) is 5.54. The SMILES string of the molecule is O=C1NC(=Nc2cccc(C(=O)O)c2)SC1=Cc1ccc(-c2cc(Cl)ccc2Cl)o1. The molecule has 0 spiro atoms. The highest BCUT2D eigenvalue weighted by molar-refractivity contribution is 8.18. The zero-order valence-electron chi connectivity index (χ0n) is 15.1. The van der Waals surface area contributed by atoms with Crippen LogP contribution in [0, 0.1) is 0 Å². The molecule has 1 amide bonds. The van der Waals surface area contributed by atoms with E-state index in [1.165, 1.54) is 12.1 Å². The molecule has 0 aliphatic carbocycles. The molecule has 30 heavy (non-hydrogen) atoms. The second kappa shape index (κ2) is 8.39. The zero-order chi connectivity index (χ0) is 21.3. The van der Waals surface area contributed by atoms with Gasteiger partial charge in [-0.1, -0.05) is 29.3 Å². The predicted molar refractivity (Wildman–Crippen MR) is 118 cm³/mol. The first-order valence-electron chi connectivity index (χ1n) is 8.57. The number of thioether (sulfide) groups is 1. The number of nitrogens with one attached hydrogen (secondary N) is 1. The molecular weight excluding hydrogens is 447 g/mol. The maximum atomic E-state index is 12.3. The van der Waals surface area contributed by atoms with Gasteiger partial charge in [-0.15, -0.1) is 0 Å². The van der Waals surface area contributed by atoms with Crippen molar-refractivity contribution >= 4 is 63.8 Å². The van der Waals surface area contributed by atoms with E-state index >= 15 is 0 Å². The maximum Gasteiger partial charge on any atom is 0.335 e. The van der Waals surface area contributed by atoms with Gasteiger partial charge in [-0.3, -0.25) is 4.79 Å². The monoisotopic (exact) mass is 458 g/mol. The lowest BCUT2D eigenvalue weighted by molar-refractivity contribution is -0.115. The number of carbonyl (C=O) groups excluding carboxylic acids is 1. The molecule has 2 heterocycles. The number of carboxylic acids is 1. The van der Waals surface area contributed by atoms with Crippen LogP contribution in [0.4, 0.5) is 5.69 Å². The van der Waals surface area contributed by atoms with Gasteiger partial charge < -0.3 is 14.8 Å². The molecule has 4 rings (SSSR count). The Balaban J connectivity index is 1.56. The van der Waals surface area contributed by atoms with Gasteiger partial charge in [-0.25, -0.2) is 9.79 Å². The van der Waals surface area contributed by atoms with Crippen LogP contribution in [0.1, 0.15) is 16.1 Å². The molecule has 2 N–H and O–H groups in total. The van der Waals surface area contributed by atoms with Crippen LogP contribution in [0.2, 0.25) is 10.0 Å². The lowest BCUT2D eigenvalue weighted by atomic mass is 10.2. The van der Waals surface area contributed by atoms with E-state index in [1.54, 1.807) is 48.5 Å². The molecule has 1 saturated heterocycles. The molecule has 0 unspecified atom stereocenters. The fraction of sp³-hybridized carbons (Fsp3) is 0. The molecule has 1 aromatic heterocycles. The Morgan fingerprint density at radius 2 is 1.97 bits per heavy atom. The summed E-state index contributed by atoms with van der Waals surface area (Å²) in [4.78, 5) is 28.0. The van der Waals surface area contributed by atoms with Gasteiger partial charge in [0.05, 0.1) is 21.2 Å². The quantitative estimate of drug-likeness (QED) is 0.478. The Morgan fingerprint density at radius 3 is 2.77 bits per heavy atom. The van der Waals surface area contributed by atoms with Crippen molar-refractivity contribution in [2.24, 2.45) is 4.99 Å². The van der Waals surface area contributed by atoms with E-state index < -0.39 is 5.97 Å². The van der Waals surface area contributed by atoms with Crippen LogP contribution in [0.25, 0.3) is 17.4 Å².